The Morgan fingerprint density at radius 1 is 1.15 bits per heavy atom. The minimum Gasteiger partial charge on any atom is -0.493 e. The maximum absolute atomic E-state index is 13.0. The lowest BCUT2D eigenvalue weighted by Gasteiger charge is -2.34. The highest BCUT2D eigenvalue weighted by Crippen LogP contribution is 2.30. The Hall–Kier alpha value is -4.50. The summed E-state index contributed by atoms with van der Waals surface area (Å²) in [7, 11) is 2.06. The number of benzene rings is 2. The Balaban J connectivity index is 1.38. The van der Waals surface area contributed by atoms with Crippen LogP contribution in [-0.4, -0.2) is 52.9 Å². The number of hydrogen-bond acceptors (Lipinski definition) is 7. The van der Waals surface area contributed by atoms with Crippen LogP contribution in [-0.2, 0) is 16.1 Å². The topological polar surface area (TPSA) is 108 Å². The van der Waals surface area contributed by atoms with Gasteiger partial charge in [-0.05, 0) is 74.3 Å². The molecule has 2 heterocycles. The van der Waals surface area contributed by atoms with Gasteiger partial charge in [-0.1, -0.05) is 30.9 Å². The Morgan fingerprint density at radius 2 is 2.02 bits per heavy atom. The first kappa shape index (κ1) is 27.1. The van der Waals surface area contributed by atoms with Crippen molar-refractivity contribution < 1.29 is 14.3 Å². The fraction of sp³-hybridized carbons (Fsp3) is 0.290. The number of ether oxygens (including phenoxy) is 1. The molecule has 1 aliphatic heterocycles. The number of aromatic nitrogens is 2. The van der Waals surface area contributed by atoms with E-state index in [1.54, 1.807) is 6.20 Å². The number of carbonyl (C=O) groups is 2. The quantitative estimate of drug-likeness (QED) is 0.327. The SMILES string of the molecule is C=CC(=O)NC1CC(C(=O)Nc2cc3cc(c2)Nc2nccc(n2)-c2cccc(c2)OCC/C=C/CN(C)C3)C1. The van der Waals surface area contributed by atoms with Gasteiger partial charge in [-0.25, -0.2) is 9.97 Å². The summed E-state index contributed by atoms with van der Waals surface area (Å²) >= 11 is 0. The lowest BCUT2D eigenvalue weighted by molar-refractivity contribution is -0.125. The Kier molecular flexibility index (Phi) is 8.51. The van der Waals surface area contributed by atoms with E-state index in [0.29, 0.717) is 37.6 Å². The van der Waals surface area contributed by atoms with Gasteiger partial charge >= 0.3 is 0 Å². The number of hydrogen-bond donors (Lipinski definition) is 3. The molecule has 9 nitrogen and oxygen atoms in total. The molecule has 9 heteroatoms. The first-order valence-electron chi connectivity index (χ1n) is 13.5. The number of fused-ring (bicyclic) bond motifs is 7. The van der Waals surface area contributed by atoms with Gasteiger partial charge in [0, 0.05) is 48.2 Å². The number of likely N-dealkylation sites (N-methyl/N-ethyl adjacent to an activating group) is 1. The van der Waals surface area contributed by atoms with Gasteiger partial charge in [-0.3, -0.25) is 14.5 Å². The van der Waals surface area contributed by atoms with Crippen LogP contribution in [0.5, 0.6) is 5.75 Å². The molecule has 206 valence electrons. The minimum atomic E-state index is -0.212. The molecule has 0 unspecified atom stereocenters. The molecule has 1 aliphatic carbocycles. The van der Waals surface area contributed by atoms with Crippen molar-refractivity contribution in [1.82, 2.24) is 20.2 Å². The first-order chi connectivity index (χ1) is 19.4. The summed E-state index contributed by atoms with van der Waals surface area (Å²) in [6.45, 7) is 5.53. The van der Waals surface area contributed by atoms with Crippen LogP contribution >= 0.6 is 0 Å². The molecule has 0 spiro atoms. The Labute approximate surface area is 234 Å². The number of anilines is 3. The van der Waals surface area contributed by atoms with E-state index < -0.39 is 0 Å². The van der Waals surface area contributed by atoms with Crippen molar-refractivity contribution >= 4 is 29.1 Å². The molecule has 0 radical (unpaired) electrons. The van der Waals surface area contributed by atoms with Crippen LogP contribution < -0.4 is 20.7 Å². The minimum absolute atomic E-state index is 0.00327. The smallest absolute Gasteiger partial charge is 0.243 e. The van der Waals surface area contributed by atoms with Crippen molar-refractivity contribution in [3.8, 4) is 17.0 Å². The zero-order chi connectivity index (χ0) is 27.9. The molecular weight excluding hydrogens is 504 g/mol. The molecule has 6 bridgehead atoms. The van der Waals surface area contributed by atoms with Crippen molar-refractivity contribution in [2.24, 2.45) is 5.92 Å². The molecule has 3 aromatic rings. The first-order valence-corrected chi connectivity index (χ1v) is 13.5. The molecule has 2 aliphatic rings. The third kappa shape index (κ3) is 7.12. The third-order valence-electron chi connectivity index (χ3n) is 6.93. The van der Waals surface area contributed by atoms with Gasteiger partial charge in [-0.2, -0.15) is 0 Å². The number of carbonyl (C=O) groups excluding carboxylic acids is 2. The number of nitrogens with one attached hydrogen (secondary N) is 3. The molecule has 1 saturated carbocycles. The predicted molar refractivity (Wildman–Crippen MR) is 156 cm³/mol. The van der Waals surface area contributed by atoms with Crippen LogP contribution in [0.2, 0.25) is 0 Å². The van der Waals surface area contributed by atoms with Crippen molar-refractivity contribution in [2.75, 3.05) is 30.8 Å². The highest BCUT2D eigenvalue weighted by Gasteiger charge is 2.35. The van der Waals surface area contributed by atoms with Gasteiger partial charge in [0.2, 0.25) is 17.8 Å². The standard InChI is InChI=1S/C31H34N6O3/c1-3-29(38)33-26-16-23(17-26)30(39)34-24-14-21-15-25(19-24)35-31-32-11-10-28(36-31)22-8-7-9-27(18-22)40-13-6-4-5-12-37(2)20-21/h3-5,7-11,14-15,18-19,23,26H,1,6,12-13,16-17,20H2,2H3,(H,33,38)(H,34,39)(H,32,35,36)/b5-4+. The highest BCUT2D eigenvalue weighted by molar-refractivity contribution is 5.94. The fourth-order valence-electron chi connectivity index (χ4n) is 4.83. The summed E-state index contributed by atoms with van der Waals surface area (Å²) < 4.78 is 5.94. The van der Waals surface area contributed by atoms with E-state index in [9.17, 15) is 9.59 Å². The molecule has 5 rings (SSSR count). The maximum atomic E-state index is 13.0. The highest BCUT2D eigenvalue weighted by atomic mass is 16.5. The van der Waals surface area contributed by atoms with E-state index in [4.69, 9.17) is 9.72 Å². The number of rotatable bonds is 4. The molecule has 2 aromatic carbocycles. The average molecular weight is 539 g/mol. The van der Waals surface area contributed by atoms with Crippen LogP contribution in [0, 0.1) is 5.92 Å². The van der Waals surface area contributed by atoms with Crippen molar-refractivity contribution in [3.63, 3.8) is 0 Å². The molecule has 1 aromatic heterocycles. The molecule has 3 N–H and O–H groups in total. The summed E-state index contributed by atoms with van der Waals surface area (Å²) in [6, 6.07) is 15.7. The second kappa shape index (κ2) is 12.6. The molecule has 2 amide bonds. The molecular formula is C31H34N6O3. The van der Waals surface area contributed by atoms with Crippen molar-refractivity contribution in [1.29, 1.82) is 0 Å². The van der Waals surface area contributed by atoms with Crippen LogP contribution in [0.3, 0.4) is 0 Å². The second-order valence-electron chi connectivity index (χ2n) is 10.2. The fourth-order valence-corrected chi connectivity index (χ4v) is 4.83. The summed E-state index contributed by atoms with van der Waals surface area (Å²) in [4.78, 5) is 35.9. The number of amides is 2. The lowest BCUT2D eigenvalue weighted by atomic mass is 9.79. The Bertz CT molecular complexity index is 1420. The molecule has 0 atom stereocenters. The third-order valence-corrected chi connectivity index (χ3v) is 6.93. The largest absolute Gasteiger partial charge is 0.493 e. The lowest BCUT2D eigenvalue weighted by Crippen LogP contribution is -2.47. The van der Waals surface area contributed by atoms with Crippen LogP contribution in [0.1, 0.15) is 24.8 Å². The van der Waals surface area contributed by atoms with E-state index >= 15 is 0 Å². The molecule has 40 heavy (non-hydrogen) atoms. The number of nitrogens with zero attached hydrogens (tertiary/aromatic N) is 3. The van der Waals surface area contributed by atoms with Crippen molar-refractivity contribution in [3.05, 3.63) is 85.1 Å². The van der Waals surface area contributed by atoms with Gasteiger partial charge in [-0.15, -0.1) is 0 Å². The molecule has 0 saturated heterocycles. The van der Waals surface area contributed by atoms with Gasteiger partial charge in [0.1, 0.15) is 5.75 Å². The second-order valence-corrected chi connectivity index (χ2v) is 10.2. The van der Waals surface area contributed by atoms with Gasteiger partial charge in [0.05, 0.1) is 12.3 Å². The van der Waals surface area contributed by atoms with Gasteiger partial charge < -0.3 is 20.7 Å². The predicted octanol–water partition coefficient (Wildman–Crippen LogP) is 4.68. The zero-order valence-corrected chi connectivity index (χ0v) is 22.6. The van der Waals surface area contributed by atoms with Crippen LogP contribution in [0.15, 0.2) is 79.5 Å². The summed E-state index contributed by atoms with van der Waals surface area (Å²) in [5.74, 6) is 0.831. The molecule has 1 fully saturated rings. The normalized spacial score (nSPS) is 19.8. The van der Waals surface area contributed by atoms with E-state index in [-0.39, 0.29) is 23.8 Å². The van der Waals surface area contributed by atoms with Gasteiger partial charge in [0.15, 0.2) is 0 Å². The zero-order valence-electron chi connectivity index (χ0n) is 22.6. The van der Waals surface area contributed by atoms with E-state index in [0.717, 1.165) is 41.2 Å². The van der Waals surface area contributed by atoms with E-state index in [2.05, 4.69) is 51.6 Å². The van der Waals surface area contributed by atoms with Gasteiger partial charge in [0.25, 0.3) is 0 Å². The van der Waals surface area contributed by atoms with Crippen LogP contribution in [0.4, 0.5) is 17.3 Å². The maximum Gasteiger partial charge on any atom is 0.243 e. The average Bonchev–Trinajstić information content (AvgIpc) is 2.92. The Morgan fingerprint density at radius 3 is 2.88 bits per heavy atom. The van der Waals surface area contributed by atoms with E-state index in [1.165, 1.54) is 6.08 Å². The summed E-state index contributed by atoms with van der Waals surface area (Å²) in [6.07, 6.45) is 9.28. The summed E-state index contributed by atoms with van der Waals surface area (Å²) in [5, 5.41) is 9.25. The summed E-state index contributed by atoms with van der Waals surface area (Å²) in [5.41, 5.74) is 4.22. The van der Waals surface area contributed by atoms with Crippen molar-refractivity contribution in [2.45, 2.75) is 31.8 Å². The van der Waals surface area contributed by atoms with E-state index in [1.807, 2.05) is 48.5 Å². The monoisotopic (exact) mass is 538 g/mol. The van der Waals surface area contributed by atoms with Crippen LogP contribution in [0.25, 0.3) is 11.3 Å².